The van der Waals surface area contributed by atoms with Crippen LogP contribution in [0.2, 0.25) is 0 Å². The van der Waals surface area contributed by atoms with Crippen LogP contribution < -0.4 is 9.47 Å². The van der Waals surface area contributed by atoms with Crippen molar-refractivity contribution < 1.29 is 19.7 Å². The first-order valence-corrected chi connectivity index (χ1v) is 15.9. The average molecular weight is 595 g/mol. The van der Waals surface area contributed by atoms with Crippen LogP contribution >= 0.6 is 0 Å². The Morgan fingerprint density at radius 1 is 0.667 bits per heavy atom. The Morgan fingerprint density at radius 2 is 1.33 bits per heavy atom. The predicted molar refractivity (Wildman–Crippen MR) is 181 cm³/mol. The topological polar surface area (TPSA) is 58.9 Å². The maximum atomic E-state index is 9.34. The molecule has 4 aromatic carbocycles. The molecule has 0 bridgehead atoms. The summed E-state index contributed by atoms with van der Waals surface area (Å²) in [6.45, 7) is 0.459. The van der Waals surface area contributed by atoms with Crippen LogP contribution in [-0.4, -0.2) is 36.6 Å². The Hall–Kier alpha value is -4.64. The monoisotopic (exact) mass is 594 g/mol. The minimum atomic E-state index is -0.509. The van der Waals surface area contributed by atoms with Crippen molar-refractivity contribution in [3.8, 4) is 11.5 Å². The Balaban J connectivity index is 1.47. The molecule has 7 rings (SSSR count). The fraction of sp³-hybridized carbons (Fsp3) is 0.220. The molecule has 3 aliphatic rings. The highest BCUT2D eigenvalue weighted by Crippen LogP contribution is 2.61. The maximum Gasteiger partial charge on any atom is 0.119 e. The Kier molecular flexibility index (Phi) is 8.25. The van der Waals surface area contributed by atoms with Gasteiger partial charge in [0.1, 0.15) is 24.7 Å². The number of ether oxygens (including phenoxy) is 2. The van der Waals surface area contributed by atoms with Crippen LogP contribution in [0, 0.1) is 5.92 Å². The molecule has 0 radical (unpaired) electrons. The van der Waals surface area contributed by atoms with Crippen molar-refractivity contribution in [2.24, 2.45) is 5.92 Å². The van der Waals surface area contributed by atoms with E-state index in [1.165, 1.54) is 44.5 Å². The van der Waals surface area contributed by atoms with Crippen molar-refractivity contribution in [1.82, 2.24) is 0 Å². The highest BCUT2D eigenvalue weighted by atomic mass is 16.5. The molecular formula is C41H38O4. The zero-order chi connectivity index (χ0) is 30.6. The predicted octanol–water partition coefficient (Wildman–Crippen LogP) is 7.86. The van der Waals surface area contributed by atoms with Crippen molar-refractivity contribution in [3.05, 3.63) is 167 Å². The van der Waals surface area contributed by atoms with Crippen LogP contribution in [0.4, 0.5) is 0 Å². The summed E-state index contributed by atoms with van der Waals surface area (Å²) in [5, 5.41) is 18.7. The van der Waals surface area contributed by atoms with Gasteiger partial charge in [0.2, 0.25) is 0 Å². The number of rotatable bonds is 10. The Labute approximate surface area is 265 Å². The van der Waals surface area contributed by atoms with Crippen LogP contribution in [0.3, 0.4) is 0 Å². The zero-order valence-corrected chi connectivity index (χ0v) is 25.3. The van der Waals surface area contributed by atoms with E-state index in [0.29, 0.717) is 0 Å². The van der Waals surface area contributed by atoms with Gasteiger partial charge in [-0.05, 0) is 87.7 Å². The van der Waals surface area contributed by atoms with Crippen molar-refractivity contribution >= 4 is 11.1 Å². The number of fused-ring (bicyclic) bond motifs is 3. The van der Waals surface area contributed by atoms with E-state index in [0.717, 1.165) is 24.3 Å². The summed E-state index contributed by atoms with van der Waals surface area (Å²) in [5.74, 6) is 1.77. The molecule has 2 N–H and O–H groups in total. The van der Waals surface area contributed by atoms with Gasteiger partial charge in [0.25, 0.3) is 0 Å². The zero-order valence-electron chi connectivity index (χ0n) is 25.3. The van der Waals surface area contributed by atoms with Crippen LogP contribution in [0.1, 0.15) is 52.1 Å². The second-order valence-electron chi connectivity index (χ2n) is 11.8. The molecular weight excluding hydrogens is 556 g/mol. The SMILES string of the molecule is OCCOc1ccc(C2(c3ccc(OCCO)cc3)c3cc(C4=CCCC=C4)ccc3C3C=CC(c4ccccc4)=CC32)cc1. The van der Waals surface area contributed by atoms with Gasteiger partial charge >= 0.3 is 0 Å². The molecule has 45 heavy (non-hydrogen) atoms. The summed E-state index contributed by atoms with van der Waals surface area (Å²) in [5.41, 5.74) is 9.42. The van der Waals surface area contributed by atoms with E-state index in [9.17, 15) is 10.2 Å². The highest BCUT2D eigenvalue weighted by molar-refractivity contribution is 5.80. The van der Waals surface area contributed by atoms with Gasteiger partial charge in [0, 0.05) is 11.8 Å². The fourth-order valence-corrected chi connectivity index (χ4v) is 7.39. The number of allylic oxidation sites excluding steroid dienone is 8. The van der Waals surface area contributed by atoms with Gasteiger partial charge in [0.05, 0.1) is 18.6 Å². The van der Waals surface area contributed by atoms with Gasteiger partial charge < -0.3 is 19.7 Å². The van der Waals surface area contributed by atoms with Crippen molar-refractivity contribution in [2.45, 2.75) is 24.2 Å². The number of hydrogen-bond acceptors (Lipinski definition) is 4. The standard InChI is InChI=1S/C41H38O4/c42-23-25-44-35-17-13-33(14-18-35)41(34-15-19-36(20-16-34)45-26-24-43)39-27-31(29-7-3-1-4-8-29)11-21-37(39)38-22-12-32(28-40(38)41)30-9-5-2-6-10-30/h1,3-5,7-22,27-28,37,39,42-43H,2,6,23-26H2. The second-order valence-corrected chi connectivity index (χ2v) is 11.8. The van der Waals surface area contributed by atoms with Crippen molar-refractivity contribution in [1.29, 1.82) is 0 Å². The summed E-state index contributed by atoms with van der Waals surface area (Å²) in [4.78, 5) is 0. The molecule has 0 saturated carbocycles. The van der Waals surface area contributed by atoms with E-state index in [1.54, 1.807) is 0 Å². The lowest BCUT2D eigenvalue weighted by atomic mass is 9.62. The molecule has 0 aliphatic heterocycles. The first-order valence-electron chi connectivity index (χ1n) is 15.9. The van der Waals surface area contributed by atoms with Gasteiger partial charge in [-0.2, -0.15) is 0 Å². The largest absolute Gasteiger partial charge is 0.491 e. The van der Waals surface area contributed by atoms with Gasteiger partial charge in [0.15, 0.2) is 0 Å². The molecule has 4 nitrogen and oxygen atoms in total. The molecule has 0 spiro atoms. The summed E-state index contributed by atoms with van der Waals surface area (Å²) < 4.78 is 11.6. The van der Waals surface area contributed by atoms with E-state index < -0.39 is 5.41 Å². The van der Waals surface area contributed by atoms with Gasteiger partial charge in [-0.3, -0.25) is 0 Å². The van der Waals surface area contributed by atoms with Crippen molar-refractivity contribution in [3.63, 3.8) is 0 Å². The van der Waals surface area contributed by atoms with Crippen LogP contribution in [0.25, 0.3) is 11.1 Å². The fourth-order valence-electron chi connectivity index (χ4n) is 7.39. The third kappa shape index (κ3) is 5.35. The smallest absolute Gasteiger partial charge is 0.119 e. The Morgan fingerprint density at radius 3 is 1.93 bits per heavy atom. The summed E-state index contributed by atoms with van der Waals surface area (Å²) >= 11 is 0. The summed E-state index contributed by atoms with van der Waals surface area (Å²) in [7, 11) is 0. The Bertz CT molecular complexity index is 1710. The molecule has 0 heterocycles. The third-order valence-electron chi connectivity index (χ3n) is 9.34. The number of benzene rings is 4. The molecule has 0 aromatic heterocycles. The van der Waals surface area contributed by atoms with Crippen LogP contribution in [0.5, 0.6) is 11.5 Å². The van der Waals surface area contributed by atoms with Gasteiger partial charge in [-0.1, -0.05) is 103 Å². The highest BCUT2D eigenvalue weighted by Gasteiger charge is 2.53. The normalized spacial score (nSPS) is 19.3. The minimum absolute atomic E-state index is 0.0278. The molecule has 3 aliphatic carbocycles. The lowest BCUT2D eigenvalue weighted by Gasteiger charge is -2.39. The molecule has 0 saturated heterocycles. The van der Waals surface area contributed by atoms with E-state index >= 15 is 0 Å². The third-order valence-corrected chi connectivity index (χ3v) is 9.34. The number of aliphatic hydroxyl groups is 2. The van der Waals surface area contributed by atoms with Crippen LogP contribution in [-0.2, 0) is 5.41 Å². The van der Waals surface area contributed by atoms with Crippen molar-refractivity contribution in [2.75, 3.05) is 26.4 Å². The molecule has 4 aromatic rings. The van der Waals surface area contributed by atoms with Gasteiger partial charge in [-0.15, -0.1) is 0 Å². The van der Waals surface area contributed by atoms with Gasteiger partial charge in [-0.25, -0.2) is 0 Å². The van der Waals surface area contributed by atoms with E-state index in [-0.39, 0.29) is 38.3 Å². The molecule has 0 amide bonds. The first-order chi connectivity index (χ1) is 22.2. The maximum absolute atomic E-state index is 9.34. The lowest BCUT2D eigenvalue weighted by molar-refractivity contribution is 0.201. The molecule has 226 valence electrons. The number of aliphatic hydroxyl groups excluding tert-OH is 2. The van der Waals surface area contributed by atoms with E-state index in [2.05, 4.69) is 109 Å². The molecule has 2 atom stereocenters. The van der Waals surface area contributed by atoms with E-state index in [4.69, 9.17) is 9.47 Å². The van der Waals surface area contributed by atoms with Crippen LogP contribution in [0.15, 0.2) is 134 Å². The summed E-state index contributed by atoms with van der Waals surface area (Å²) in [6, 6.07) is 34.5. The first kappa shape index (κ1) is 29.1. The molecule has 2 unspecified atom stereocenters. The molecule has 0 fully saturated rings. The van der Waals surface area contributed by atoms with E-state index in [1.807, 2.05) is 24.3 Å². The second kappa shape index (κ2) is 12.8. The molecule has 4 heteroatoms. The summed E-state index contributed by atoms with van der Waals surface area (Å²) in [6.07, 6.45) is 16.2. The average Bonchev–Trinajstić information content (AvgIpc) is 3.40. The minimum Gasteiger partial charge on any atom is -0.491 e. The number of hydrogen-bond donors (Lipinski definition) is 2. The lowest BCUT2D eigenvalue weighted by Crippen LogP contribution is -2.35. The quantitative estimate of drug-likeness (QED) is 0.196.